The third kappa shape index (κ3) is 8.30. The number of nitrogens with zero attached hydrogens (tertiary/aromatic N) is 4. The van der Waals surface area contributed by atoms with Gasteiger partial charge in [-0.15, -0.1) is 0 Å². The summed E-state index contributed by atoms with van der Waals surface area (Å²) >= 11 is 0. The minimum Gasteiger partial charge on any atom is -0.436 e. The summed E-state index contributed by atoms with van der Waals surface area (Å²) in [7, 11) is 0. The molecule has 0 bridgehead atoms. The summed E-state index contributed by atoms with van der Waals surface area (Å²) in [6.45, 7) is 0. The maximum absolute atomic E-state index is 6.08. The van der Waals surface area contributed by atoms with Crippen LogP contribution in [-0.4, -0.2) is 19.9 Å². The molecule has 0 saturated heterocycles. The molecular formula is C70H44N4O2. The molecule has 0 fully saturated rings. The average molecular weight is 973 g/mol. The van der Waals surface area contributed by atoms with Crippen LogP contribution in [0.1, 0.15) is 0 Å². The summed E-state index contributed by atoms with van der Waals surface area (Å²) in [6, 6.07) is 92.8. The van der Waals surface area contributed by atoms with Gasteiger partial charge in [0.05, 0.1) is 22.4 Å². The Morgan fingerprint density at radius 1 is 0.197 bits per heavy atom. The summed E-state index contributed by atoms with van der Waals surface area (Å²) in [5.74, 6) is 1.21. The molecule has 0 aliphatic carbocycles. The topological polar surface area (TPSA) is 77.8 Å². The molecular weight excluding hydrogens is 929 g/mol. The summed E-state index contributed by atoms with van der Waals surface area (Å²) in [5.41, 5.74) is 23.5. The second kappa shape index (κ2) is 19.0. The van der Waals surface area contributed by atoms with Crippen molar-refractivity contribution >= 4 is 33.2 Å². The Morgan fingerprint density at radius 3 is 0.868 bits per heavy atom. The standard InChI is InChI=1S/C70H44N4O2/c1-3-15-49(16-4-1)55-19-7-9-21-57(55)59-43-63-64(44-60(59)58-22-10-8-20-56(58)50-17-5-2-6-18-50)72-68(52-37-29-46(30-38-52)48-33-41-54(42-34-48)70-74-62-24-12-14-26-66(62)76-70)67(71-63)51-35-27-45(28-36-51)47-31-39-53(40-32-47)69-73-61-23-11-13-25-65(61)75-69/h1-44H. The van der Waals surface area contributed by atoms with E-state index in [1.165, 1.54) is 0 Å². The lowest BCUT2D eigenvalue weighted by Gasteiger charge is -2.19. The number of oxazole rings is 2. The van der Waals surface area contributed by atoms with Gasteiger partial charge in [-0.25, -0.2) is 19.9 Å². The normalized spacial score (nSPS) is 11.4. The molecule has 0 N–H and O–H groups in total. The number of benzene rings is 11. The lowest BCUT2D eigenvalue weighted by atomic mass is 9.86. The van der Waals surface area contributed by atoms with E-state index in [1.807, 2.05) is 48.5 Å². The van der Waals surface area contributed by atoms with Crippen molar-refractivity contribution in [2.75, 3.05) is 0 Å². The van der Waals surface area contributed by atoms with Gasteiger partial charge < -0.3 is 8.83 Å². The molecule has 0 aliphatic rings. The summed E-state index contributed by atoms with van der Waals surface area (Å²) < 4.78 is 12.2. The lowest BCUT2D eigenvalue weighted by Crippen LogP contribution is -1.98. The van der Waals surface area contributed by atoms with Crippen molar-refractivity contribution in [2.45, 2.75) is 0 Å². The van der Waals surface area contributed by atoms with E-state index in [9.17, 15) is 0 Å². The molecule has 0 amide bonds. The first-order chi connectivity index (χ1) is 37.6. The number of para-hydroxylation sites is 4. The van der Waals surface area contributed by atoms with Crippen molar-refractivity contribution in [1.82, 2.24) is 19.9 Å². The van der Waals surface area contributed by atoms with E-state index < -0.39 is 0 Å². The largest absolute Gasteiger partial charge is 0.436 e. The highest BCUT2D eigenvalue weighted by molar-refractivity contribution is 6.02. The van der Waals surface area contributed by atoms with Gasteiger partial charge in [0.2, 0.25) is 11.8 Å². The second-order valence-corrected chi connectivity index (χ2v) is 18.9. The van der Waals surface area contributed by atoms with Gasteiger partial charge in [-0.2, -0.15) is 0 Å². The first-order valence-electron chi connectivity index (χ1n) is 25.4. The van der Waals surface area contributed by atoms with Crippen molar-refractivity contribution in [3.8, 4) is 112 Å². The molecule has 6 heteroatoms. The van der Waals surface area contributed by atoms with Gasteiger partial charge in [-0.3, -0.25) is 0 Å². The molecule has 11 aromatic carbocycles. The van der Waals surface area contributed by atoms with E-state index >= 15 is 0 Å². The average Bonchev–Trinajstić information content (AvgIpc) is 4.19. The molecule has 0 atom stereocenters. The smallest absolute Gasteiger partial charge is 0.227 e. The van der Waals surface area contributed by atoms with Crippen LogP contribution in [0.15, 0.2) is 276 Å². The molecule has 0 unspecified atom stereocenters. The van der Waals surface area contributed by atoms with Crippen LogP contribution < -0.4 is 0 Å². The molecule has 76 heavy (non-hydrogen) atoms. The number of hydrogen-bond acceptors (Lipinski definition) is 6. The molecule has 0 saturated carbocycles. The van der Waals surface area contributed by atoms with Gasteiger partial charge in [-0.05, 0) is 127 Å². The molecule has 14 aromatic rings. The fourth-order valence-corrected chi connectivity index (χ4v) is 10.4. The van der Waals surface area contributed by atoms with E-state index in [2.05, 4.69) is 218 Å². The van der Waals surface area contributed by atoms with Crippen LogP contribution in [0.3, 0.4) is 0 Å². The first-order valence-corrected chi connectivity index (χ1v) is 25.4. The monoisotopic (exact) mass is 972 g/mol. The SMILES string of the molecule is c1ccc(-c2ccccc2-c2cc3nc(-c4ccc(-c5ccc(-c6nc7ccccc7o6)cc5)cc4)c(-c4ccc(-c5ccc(-c6nc7ccccc7o6)cc5)cc4)nc3cc2-c2ccccc2-c2ccccc2)cc1. The number of aromatic nitrogens is 4. The minimum absolute atomic E-state index is 0.604. The minimum atomic E-state index is 0.604. The van der Waals surface area contributed by atoms with Crippen molar-refractivity contribution in [3.63, 3.8) is 0 Å². The highest BCUT2D eigenvalue weighted by Crippen LogP contribution is 2.44. The number of rotatable bonds is 10. The predicted molar refractivity (Wildman–Crippen MR) is 309 cm³/mol. The van der Waals surface area contributed by atoms with Crippen molar-refractivity contribution < 1.29 is 8.83 Å². The van der Waals surface area contributed by atoms with E-state index in [0.29, 0.717) is 11.8 Å². The maximum Gasteiger partial charge on any atom is 0.227 e. The Labute approximate surface area is 439 Å². The third-order valence-corrected chi connectivity index (χ3v) is 14.2. The maximum atomic E-state index is 6.08. The summed E-state index contributed by atoms with van der Waals surface area (Å²) in [5, 5.41) is 0. The van der Waals surface area contributed by atoms with E-state index in [-0.39, 0.29) is 0 Å². The van der Waals surface area contributed by atoms with Crippen LogP contribution in [0.2, 0.25) is 0 Å². The quantitative estimate of drug-likeness (QED) is 0.136. The van der Waals surface area contributed by atoms with Crippen LogP contribution in [0.25, 0.3) is 145 Å². The Hall–Kier alpha value is -10.3. The Kier molecular flexibility index (Phi) is 11.1. The van der Waals surface area contributed by atoms with E-state index in [4.69, 9.17) is 28.8 Å². The van der Waals surface area contributed by atoms with Crippen LogP contribution in [-0.2, 0) is 0 Å². The molecule has 0 aliphatic heterocycles. The predicted octanol–water partition coefficient (Wildman–Crippen LogP) is 18.6. The zero-order chi connectivity index (χ0) is 50.4. The highest BCUT2D eigenvalue weighted by Gasteiger charge is 2.21. The fraction of sp³-hybridized carbons (Fsp3) is 0. The van der Waals surface area contributed by atoms with Gasteiger partial charge in [0, 0.05) is 22.3 Å². The van der Waals surface area contributed by atoms with Crippen molar-refractivity contribution in [2.24, 2.45) is 0 Å². The van der Waals surface area contributed by atoms with Crippen LogP contribution in [0.4, 0.5) is 0 Å². The van der Waals surface area contributed by atoms with Crippen LogP contribution >= 0.6 is 0 Å². The van der Waals surface area contributed by atoms with Crippen LogP contribution in [0.5, 0.6) is 0 Å². The lowest BCUT2D eigenvalue weighted by molar-refractivity contribution is 0.619. The Morgan fingerprint density at radius 2 is 0.500 bits per heavy atom. The number of fused-ring (bicyclic) bond motifs is 3. The molecule has 3 aromatic heterocycles. The Balaban J connectivity index is 0.902. The van der Waals surface area contributed by atoms with Crippen molar-refractivity contribution in [3.05, 3.63) is 267 Å². The number of hydrogen-bond donors (Lipinski definition) is 0. The zero-order valence-corrected chi connectivity index (χ0v) is 41.0. The van der Waals surface area contributed by atoms with Crippen molar-refractivity contribution in [1.29, 1.82) is 0 Å². The molecule has 3 heterocycles. The Bertz CT molecular complexity index is 4060. The molecule has 0 spiro atoms. The van der Waals surface area contributed by atoms with Gasteiger partial charge in [-0.1, -0.05) is 206 Å². The fourth-order valence-electron chi connectivity index (χ4n) is 10.4. The molecule has 6 nitrogen and oxygen atoms in total. The van der Waals surface area contributed by atoms with Crippen LogP contribution in [0, 0.1) is 0 Å². The molecule has 356 valence electrons. The van der Waals surface area contributed by atoms with Gasteiger partial charge in [0.25, 0.3) is 0 Å². The third-order valence-electron chi connectivity index (χ3n) is 14.2. The second-order valence-electron chi connectivity index (χ2n) is 18.9. The zero-order valence-electron chi connectivity index (χ0n) is 41.0. The van der Waals surface area contributed by atoms with Gasteiger partial charge in [0.1, 0.15) is 11.0 Å². The molecule has 14 rings (SSSR count). The van der Waals surface area contributed by atoms with Gasteiger partial charge in [0.15, 0.2) is 11.2 Å². The first kappa shape index (κ1) is 44.4. The van der Waals surface area contributed by atoms with Gasteiger partial charge >= 0.3 is 0 Å². The molecule has 0 radical (unpaired) electrons. The highest BCUT2D eigenvalue weighted by atomic mass is 16.4. The summed E-state index contributed by atoms with van der Waals surface area (Å²) in [6.07, 6.45) is 0. The van der Waals surface area contributed by atoms with E-state index in [1.54, 1.807) is 0 Å². The van der Waals surface area contributed by atoms with E-state index in [0.717, 1.165) is 134 Å². The summed E-state index contributed by atoms with van der Waals surface area (Å²) in [4.78, 5) is 20.7.